The van der Waals surface area contributed by atoms with Crippen molar-refractivity contribution in [3.05, 3.63) is 234 Å². The summed E-state index contributed by atoms with van der Waals surface area (Å²) < 4.78 is 6.80. The van der Waals surface area contributed by atoms with Gasteiger partial charge in [0.2, 0.25) is 0 Å². The third kappa shape index (κ3) is 4.54. The standard InChI is InChI=1S/C56H37NO/c1-36-35-40(38-17-6-3-7-18-38)29-34-50(36)57(41-30-27-39(28-31-41)37-15-4-2-5-16-37)51-25-14-24-48-53(51)44-20-8-11-22-46(44)56(48)47-23-12-9-21-45(47)54-49(56)33-32-43-42-19-10-13-26-52(42)58-55(43)54/h2-35H,1H3. The monoisotopic (exact) mass is 739 g/mol. The first-order chi connectivity index (χ1) is 28.7. The van der Waals surface area contributed by atoms with E-state index < -0.39 is 5.41 Å². The molecule has 0 fully saturated rings. The fourth-order valence-corrected chi connectivity index (χ4v) is 10.2. The molecule has 272 valence electrons. The van der Waals surface area contributed by atoms with Gasteiger partial charge in [-0.25, -0.2) is 0 Å². The molecule has 2 aliphatic rings. The lowest BCUT2D eigenvalue weighted by Crippen LogP contribution is -2.26. The molecule has 58 heavy (non-hydrogen) atoms. The first kappa shape index (κ1) is 32.8. The van der Waals surface area contributed by atoms with Crippen LogP contribution in [-0.2, 0) is 5.41 Å². The molecule has 0 bridgehead atoms. The van der Waals surface area contributed by atoms with Crippen LogP contribution < -0.4 is 4.90 Å². The number of hydrogen-bond acceptors (Lipinski definition) is 2. The number of fused-ring (bicyclic) bond motifs is 14. The highest BCUT2D eigenvalue weighted by Crippen LogP contribution is 2.65. The van der Waals surface area contributed by atoms with Gasteiger partial charge in [0.15, 0.2) is 0 Å². The lowest BCUT2D eigenvalue weighted by atomic mass is 9.70. The highest BCUT2D eigenvalue weighted by Gasteiger charge is 2.53. The molecule has 2 aliphatic carbocycles. The van der Waals surface area contributed by atoms with E-state index in [2.05, 4.69) is 218 Å². The second-order valence-electron chi connectivity index (χ2n) is 15.6. The maximum atomic E-state index is 6.80. The molecule has 10 aromatic rings. The summed E-state index contributed by atoms with van der Waals surface area (Å²) in [5.74, 6) is 0. The maximum absolute atomic E-state index is 6.80. The number of para-hydroxylation sites is 1. The van der Waals surface area contributed by atoms with E-state index in [-0.39, 0.29) is 0 Å². The molecule has 1 heterocycles. The highest BCUT2D eigenvalue weighted by atomic mass is 16.3. The van der Waals surface area contributed by atoms with E-state index >= 15 is 0 Å². The highest BCUT2D eigenvalue weighted by molar-refractivity contribution is 6.13. The summed E-state index contributed by atoms with van der Waals surface area (Å²) in [6.45, 7) is 2.24. The molecule has 0 amide bonds. The Bertz CT molecular complexity index is 3230. The molecule has 1 aromatic heterocycles. The van der Waals surface area contributed by atoms with Crippen LogP contribution in [0.2, 0.25) is 0 Å². The van der Waals surface area contributed by atoms with Gasteiger partial charge >= 0.3 is 0 Å². The van der Waals surface area contributed by atoms with E-state index in [1.165, 1.54) is 72.3 Å². The summed E-state index contributed by atoms with van der Waals surface area (Å²) >= 11 is 0. The van der Waals surface area contributed by atoms with Crippen LogP contribution in [0.1, 0.15) is 27.8 Å². The van der Waals surface area contributed by atoms with Gasteiger partial charge in [-0.2, -0.15) is 0 Å². The third-order valence-corrected chi connectivity index (χ3v) is 12.6. The summed E-state index contributed by atoms with van der Waals surface area (Å²) in [5.41, 5.74) is 20.9. The smallest absolute Gasteiger partial charge is 0.143 e. The van der Waals surface area contributed by atoms with Crippen molar-refractivity contribution in [2.75, 3.05) is 4.90 Å². The van der Waals surface area contributed by atoms with Gasteiger partial charge in [0, 0.05) is 33.3 Å². The van der Waals surface area contributed by atoms with Gasteiger partial charge in [0.25, 0.3) is 0 Å². The van der Waals surface area contributed by atoms with Crippen molar-refractivity contribution < 1.29 is 4.42 Å². The molecule has 0 aliphatic heterocycles. The lowest BCUT2D eigenvalue weighted by molar-refractivity contribution is 0.669. The molecule has 0 saturated carbocycles. The number of anilines is 3. The molecule has 1 spiro atoms. The van der Waals surface area contributed by atoms with Gasteiger partial charge in [-0.15, -0.1) is 0 Å². The second-order valence-corrected chi connectivity index (χ2v) is 15.6. The van der Waals surface area contributed by atoms with Crippen molar-refractivity contribution in [3.8, 4) is 44.5 Å². The number of aryl methyl sites for hydroxylation is 1. The van der Waals surface area contributed by atoms with Gasteiger partial charge in [-0.1, -0.05) is 170 Å². The molecule has 12 rings (SSSR count). The van der Waals surface area contributed by atoms with Gasteiger partial charge in [0.05, 0.1) is 11.1 Å². The Labute approximate surface area is 337 Å². The van der Waals surface area contributed by atoms with Crippen LogP contribution in [0.5, 0.6) is 0 Å². The zero-order chi connectivity index (χ0) is 38.4. The van der Waals surface area contributed by atoms with Gasteiger partial charge < -0.3 is 9.32 Å². The van der Waals surface area contributed by atoms with Crippen LogP contribution in [0.15, 0.2) is 211 Å². The maximum Gasteiger partial charge on any atom is 0.143 e. The summed E-state index contributed by atoms with van der Waals surface area (Å²) in [6.07, 6.45) is 0. The molecule has 2 nitrogen and oxygen atoms in total. The van der Waals surface area contributed by atoms with Gasteiger partial charge in [0.1, 0.15) is 11.2 Å². The van der Waals surface area contributed by atoms with Gasteiger partial charge in [-0.3, -0.25) is 0 Å². The Balaban J connectivity index is 1.13. The van der Waals surface area contributed by atoms with Crippen LogP contribution >= 0.6 is 0 Å². The van der Waals surface area contributed by atoms with E-state index in [9.17, 15) is 0 Å². The Morgan fingerprint density at radius 2 is 0.966 bits per heavy atom. The normalized spacial score (nSPS) is 14.7. The Hall–Kier alpha value is -7.42. The van der Waals surface area contributed by atoms with Crippen molar-refractivity contribution in [1.29, 1.82) is 0 Å². The van der Waals surface area contributed by atoms with Crippen molar-refractivity contribution in [3.63, 3.8) is 0 Å². The number of hydrogen-bond donors (Lipinski definition) is 0. The first-order valence-electron chi connectivity index (χ1n) is 20.1. The van der Waals surface area contributed by atoms with E-state index in [1.807, 2.05) is 0 Å². The van der Waals surface area contributed by atoms with Gasteiger partial charge in [-0.05, 0) is 105 Å². The number of furan rings is 1. The van der Waals surface area contributed by atoms with Crippen molar-refractivity contribution in [2.45, 2.75) is 12.3 Å². The molecule has 0 saturated heterocycles. The third-order valence-electron chi connectivity index (χ3n) is 12.6. The molecule has 1 atom stereocenters. The predicted molar refractivity (Wildman–Crippen MR) is 240 cm³/mol. The van der Waals surface area contributed by atoms with Crippen LogP contribution in [0.25, 0.3) is 66.4 Å². The summed E-state index contributed by atoms with van der Waals surface area (Å²) in [5, 5.41) is 2.30. The molecule has 0 N–H and O–H groups in total. The van der Waals surface area contributed by atoms with Crippen LogP contribution in [-0.4, -0.2) is 0 Å². The Morgan fingerprint density at radius 1 is 0.397 bits per heavy atom. The zero-order valence-corrected chi connectivity index (χ0v) is 32.0. The minimum absolute atomic E-state index is 0.532. The Kier molecular flexibility index (Phi) is 7.09. The van der Waals surface area contributed by atoms with E-state index in [0.717, 1.165) is 39.0 Å². The largest absolute Gasteiger partial charge is 0.455 e. The molecule has 0 radical (unpaired) electrons. The molecule has 1 unspecified atom stereocenters. The van der Waals surface area contributed by atoms with Crippen molar-refractivity contribution in [1.82, 2.24) is 0 Å². The fraction of sp³-hybridized carbons (Fsp3) is 0.0357. The summed E-state index contributed by atoms with van der Waals surface area (Å²) in [6, 6.07) is 75.4. The predicted octanol–water partition coefficient (Wildman–Crippen LogP) is 15.0. The summed E-state index contributed by atoms with van der Waals surface area (Å²) in [4.78, 5) is 2.48. The average molecular weight is 740 g/mol. The zero-order valence-electron chi connectivity index (χ0n) is 32.0. The quantitative estimate of drug-likeness (QED) is 0.175. The van der Waals surface area contributed by atoms with Crippen LogP contribution in [0.4, 0.5) is 17.1 Å². The van der Waals surface area contributed by atoms with Crippen molar-refractivity contribution >= 4 is 39.0 Å². The molecule has 9 aromatic carbocycles. The molecular formula is C56H37NO. The number of benzene rings is 9. The first-order valence-corrected chi connectivity index (χ1v) is 20.1. The minimum Gasteiger partial charge on any atom is -0.455 e. The van der Waals surface area contributed by atoms with Crippen LogP contribution in [0, 0.1) is 6.92 Å². The molecule has 2 heteroatoms. The number of nitrogens with zero attached hydrogens (tertiary/aromatic N) is 1. The fourth-order valence-electron chi connectivity index (χ4n) is 10.2. The molecular weight excluding hydrogens is 703 g/mol. The van der Waals surface area contributed by atoms with Crippen molar-refractivity contribution in [2.24, 2.45) is 0 Å². The lowest BCUT2D eigenvalue weighted by Gasteiger charge is -2.32. The van der Waals surface area contributed by atoms with E-state index in [0.29, 0.717) is 0 Å². The average Bonchev–Trinajstić information content (AvgIpc) is 3.92. The SMILES string of the molecule is Cc1cc(-c2ccccc2)ccc1N(c1ccc(-c2ccccc2)cc1)c1cccc2c1-c1ccccc1C21c2ccccc2-c2c1ccc1c2oc2ccccc21. The minimum atomic E-state index is -0.532. The van der Waals surface area contributed by atoms with E-state index in [1.54, 1.807) is 0 Å². The van der Waals surface area contributed by atoms with Crippen LogP contribution in [0.3, 0.4) is 0 Å². The number of rotatable bonds is 5. The summed E-state index contributed by atoms with van der Waals surface area (Å²) in [7, 11) is 0. The Morgan fingerprint density at radius 3 is 1.69 bits per heavy atom. The second kappa shape index (κ2) is 12.5. The van der Waals surface area contributed by atoms with E-state index in [4.69, 9.17) is 4.42 Å². The topological polar surface area (TPSA) is 16.4 Å².